The molecule has 1 saturated carbocycles. The second-order valence-corrected chi connectivity index (χ2v) is 5.12. The van der Waals surface area contributed by atoms with E-state index < -0.39 is 11.4 Å². The summed E-state index contributed by atoms with van der Waals surface area (Å²) < 4.78 is 0. The molecule has 0 aliphatic heterocycles. The fourth-order valence-corrected chi connectivity index (χ4v) is 2.97. The number of aliphatic carboxylic acids is 1. The second-order valence-electron chi connectivity index (χ2n) is 5.12. The van der Waals surface area contributed by atoms with Gasteiger partial charge in [0, 0.05) is 12.8 Å². The number of Topliss-reactive ketones (excluding diaryl/α,β-unsaturated/α-hetero) is 1. The maximum absolute atomic E-state index is 11.4. The van der Waals surface area contributed by atoms with E-state index in [1.165, 1.54) is 11.1 Å². The lowest BCUT2D eigenvalue weighted by atomic mass is 9.63. The first-order valence-electron chi connectivity index (χ1n) is 5.99. The normalized spacial score (nSPS) is 20.8. The van der Waals surface area contributed by atoms with Crippen LogP contribution in [0.5, 0.6) is 0 Å². The molecule has 0 bridgehead atoms. The van der Waals surface area contributed by atoms with Crippen LogP contribution in [0, 0.1) is 0 Å². The predicted molar refractivity (Wildman–Crippen MR) is 62.0 cm³/mol. The summed E-state index contributed by atoms with van der Waals surface area (Å²) in [7, 11) is 0. The molecule has 17 heavy (non-hydrogen) atoms. The van der Waals surface area contributed by atoms with E-state index in [4.69, 9.17) is 0 Å². The molecule has 3 rings (SSSR count). The molecule has 2 aliphatic carbocycles. The third kappa shape index (κ3) is 1.42. The van der Waals surface area contributed by atoms with Gasteiger partial charge in [-0.05, 0) is 36.0 Å². The number of carbonyl (C=O) groups is 2. The second kappa shape index (κ2) is 3.42. The van der Waals surface area contributed by atoms with Crippen molar-refractivity contribution in [3.63, 3.8) is 0 Å². The Morgan fingerprint density at radius 1 is 1.18 bits per heavy atom. The maximum Gasteiger partial charge on any atom is 0.315 e. The molecule has 2 aliphatic rings. The Morgan fingerprint density at radius 3 is 2.53 bits per heavy atom. The van der Waals surface area contributed by atoms with Crippen LogP contribution in [0.2, 0.25) is 0 Å². The van der Waals surface area contributed by atoms with Crippen molar-refractivity contribution in [1.29, 1.82) is 0 Å². The highest BCUT2D eigenvalue weighted by molar-refractivity contribution is 6.01. The van der Waals surface area contributed by atoms with Crippen LogP contribution in [0.3, 0.4) is 0 Å². The molecule has 0 heterocycles. The van der Waals surface area contributed by atoms with Gasteiger partial charge in [-0.15, -0.1) is 0 Å². The summed E-state index contributed by atoms with van der Waals surface area (Å²) in [5, 5.41) is 9.35. The molecule has 88 valence electrons. The number of hydrogen-bond donors (Lipinski definition) is 1. The van der Waals surface area contributed by atoms with Crippen LogP contribution in [0.15, 0.2) is 18.2 Å². The van der Waals surface area contributed by atoms with Crippen LogP contribution in [0.25, 0.3) is 0 Å². The lowest BCUT2D eigenvalue weighted by Gasteiger charge is -2.36. The molecule has 3 heteroatoms. The molecule has 1 aromatic rings. The summed E-state index contributed by atoms with van der Waals surface area (Å²) in [6, 6.07) is 5.93. The zero-order chi connectivity index (χ0) is 12.0. The molecule has 0 saturated heterocycles. The quantitative estimate of drug-likeness (QED) is 0.843. The van der Waals surface area contributed by atoms with E-state index in [1.807, 2.05) is 18.2 Å². The van der Waals surface area contributed by atoms with Gasteiger partial charge < -0.3 is 5.11 Å². The smallest absolute Gasteiger partial charge is 0.315 e. The van der Waals surface area contributed by atoms with Crippen molar-refractivity contribution in [3.05, 3.63) is 34.9 Å². The summed E-state index contributed by atoms with van der Waals surface area (Å²) >= 11 is 0. The van der Waals surface area contributed by atoms with Crippen LogP contribution in [0.1, 0.15) is 36.0 Å². The highest BCUT2D eigenvalue weighted by Gasteiger charge is 2.51. The standard InChI is InChI=1S/C14H14O3/c15-12-7-14(8-12,13(16)17)11-5-4-9-2-1-3-10(9)6-11/h4-6H,1-3,7-8H2,(H,16,17). The van der Waals surface area contributed by atoms with Gasteiger partial charge in [0.2, 0.25) is 0 Å². The van der Waals surface area contributed by atoms with Crippen LogP contribution in [-0.2, 0) is 27.8 Å². The lowest BCUT2D eigenvalue weighted by molar-refractivity contribution is -0.153. The van der Waals surface area contributed by atoms with E-state index in [2.05, 4.69) is 0 Å². The first-order valence-corrected chi connectivity index (χ1v) is 5.99. The average Bonchev–Trinajstić information content (AvgIpc) is 2.70. The molecule has 0 atom stereocenters. The number of carboxylic acids is 1. The topological polar surface area (TPSA) is 54.4 Å². The van der Waals surface area contributed by atoms with E-state index in [0.29, 0.717) is 0 Å². The van der Waals surface area contributed by atoms with Crippen molar-refractivity contribution >= 4 is 11.8 Å². The SMILES string of the molecule is O=C1CC(C(=O)O)(c2ccc3c(c2)CCC3)C1. The molecule has 3 nitrogen and oxygen atoms in total. The maximum atomic E-state index is 11.4. The third-order valence-corrected chi connectivity index (χ3v) is 4.06. The van der Waals surface area contributed by atoms with Crippen molar-refractivity contribution in [2.75, 3.05) is 0 Å². The van der Waals surface area contributed by atoms with Crippen LogP contribution < -0.4 is 0 Å². The van der Waals surface area contributed by atoms with Gasteiger partial charge >= 0.3 is 5.97 Å². The van der Waals surface area contributed by atoms with Crippen LogP contribution in [0.4, 0.5) is 0 Å². The third-order valence-electron chi connectivity index (χ3n) is 4.06. The Labute approximate surface area is 99.5 Å². The minimum absolute atomic E-state index is 0.0490. The zero-order valence-corrected chi connectivity index (χ0v) is 9.53. The van der Waals surface area contributed by atoms with Crippen LogP contribution >= 0.6 is 0 Å². The number of carboxylic acid groups (broad SMARTS) is 1. The van der Waals surface area contributed by atoms with Gasteiger partial charge in [-0.25, -0.2) is 0 Å². The van der Waals surface area contributed by atoms with Gasteiger partial charge in [-0.3, -0.25) is 9.59 Å². The highest BCUT2D eigenvalue weighted by atomic mass is 16.4. The number of rotatable bonds is 2. The number of benzene rings is 1. The average molecular weight is 230 g/mol. The van der Waals surface area contributed by atoms with E-state index >= 15 is 0 Å². The van der Waals surface area contributed by atoms with E-state index in [0.717, 1.165) is 24.8 Å². The highest BCUT2D eigenvalue weighted by Crippen LogP contribution is 2.42. The fraction of sp³-hybridized carbons (Fsp3) is 0.429. The Hall–Kier alpha value is -1.64. The lowest BCUT2D eigenvalue weighted by Crippen LogP contribution is -2.48. The molecule has 1 N–H and O–H groups in total. The summed E-state index contributed by atoms with van der Waals surface area (Å²) in [5.41, 5.74) is 2.47. The van der Waals surface area contributed by atoms with Gasteiger partial charge in [0.25, 0.3) is 0 Å². The molecule has 0 spiro atoms. The van der Waals surface area contributed by atoms with Gasteiger partial charge in [-0.2, -0.15) is 0 Å². The molecule has 1 aromatic carbocycles. The molecule has 0 radical (unpaired) electrons. The molecule has 0 unspecified atom stereocenters. The zero-order valence-electron chi connectivity index (χ0n) is 9.53. The monoisotopic (exact) mass is 230 g/mol. The molecular formula is C14H14O3. The Kier molecular flexibility index (Phi) is 2.12. The van der Waals surface area contributed by atoms with Gasteiger partial charge in [-0.1, -0.05) is 18.2 Å². The summed E-state index contributed by atoms with van der Waals surface area (Å²) in [6.45, 7) is 0. The minimum Gasteiger partial charge on any atom is -0.481 e. The largest absolute Gasteiger partial charge is 0.481 e. The predicted octanol–water partition coefficient (Wildman–Crippen LogP) is 1.86. The fourth-order valence-electron chi connectivity index (χ4n) is 2.97. The van der Waals surface area contributed by atoms with Gasteiger partial charge in [0.05, 0.1) is 0 Å². The molecular weight excluding hydrogens is 216 g/mol. The van der Waals surface area contributed by atoms with Crippen molar-refractivity contribution in [2.45, 2.75) is 37.5 Å². The molecule has 1 fully saturated rings. The first-order chi connectivity index (χ1) is 8.12. The van der Waals surface area contributed by atoms with Crippen molar-refractivity contribution in [1.82, 2.24) is 0 Å². The van der Waals surface area contributed by atoms with E-state index in [1.54, 1.807) is 0 Å². The number of hydrogen-bond acceptors (Lipinski definition) is 2. The Morgan fingerprint density at radius 2 is 1.88 bits per heavy atom. The minimum atomic E-state index is -0.936. The summed E-state index contributed by atoms with van der Waals surface area (Å²) in [5.74, 6) is -0.817. The van der Waals surface area contributed by atoms with Gasteiger partial charge in [0.1, 0.15) is 11.2 Å². The van der Waals surface area contributed by atoms with Crippen molar-refractivity contribution < 1.29 is 14.7 Å². The molecule has 0 aromatic heterocycles. The number of aryl methyl sites for hydroxylation is 2. The van der Waals surface area contributed by atoms with E-state index in [9.17, 15) is 14.7 Å². The number of ketones is 1. The first kappa shape index (κ1) is 10.5. The van der Waals surface area contributed by atoms with Gasteiger partial charge in [0.15, 0.2) is 0 Å². The Bertz CT molecular complexity index is 508. The van der Waals surface area contributed by atoms with Crippen molar-refractivity contribution in [2.24, 2.45) is 0 Å². The van der Waals surface area contributed by atoms with E-state index in [-0.39, 0.29) is 18.6 Å². The number of carbonyl (C=O) groups excluding carboxylic acids is 1. The molecule has 0 amide bonds. The van der Waals surface area contributed by atoms with Crippen LogP contribution in [-0.4, -0.2) is 16.9 Å². The summed E-state index contributed by atoms with van der Waals surface area (Å²) in [4.78, 5) is 22.6. The summed E-state index contributed by atoms with van der Waals surface area (Å²) in [6.07, 6.45) is 3.58. The Balaban J connectivity index is 2.03. The van der Waals surface area contributed by atoms with Crippen molar-refractivity contribution in [3.8, 4) is 0 Å². The number of fused-ring (bicyclic) bond motifs is 1.